The van der Waals surface area contributed by atoms with Gasteiger partial charge in [0.15, 0.2) is 0 Å². The number of nitrogens with one attached hydrogen (secondary N) is 1. The molecular formula is C13H22N2O3. The first-order valence-electron chi connectivity index (χ1n) is 6.82. The van der Waals surface area contributed by atoms with Gasteiger partial charge in [-0.2, -0.15) is 0 Å². The zero-order valence-electron chi connectivity index (χ0n) is 10.9. The van der Waals surface area contributed by atoms with Gasteiger partial charge in [-0.15, -0.1) is 0 Å². The molecule has 0 spiro atoms. The second-order valence-corrected chi connectivity index (χ2v) is 5.47. The first kappa shape index (κ1) is 13.3. The van der Waals surface area contributed by atoms with Crippen molar-refractivity contribution in [1.82, 2.24) is 10.2 Å². The largest absolute Gasteiger partial charge is 0.392 e. The van der Waals surface area contributed by atoms with E-state index >= 15 is 0 Å². The van der Waals surface area contributed by atoms with Crippen molar-refractivity contribution in [1.29, 1.82) is 0 Å². The summed E-state index contributed by atoms with van der Waals surface area (Å²) in [5.41, 5.74) is 0. The molecule has 2 amide bonds. The first-order valence-corrected chi connectivity index (χ1v) is 6.82. The van der Waals surface area contributed by atoms with Crippen molar-refractivity contribution < 1.29 is 14.7 Å². The Hall–Kier alpha value is -1.10. The van der Waals surface area contributed by atoms with E-state index < -0.39 is 6.10 Å². The lowest BCUT2D eigenvalue weighted by atomic mass is 9.95. The van der Waals surface area contributed by atoms with Crippen molar-refractivity contribution in [2.75, 3.05) is 19.6 Å². The average Bonchev–Trinajstić information content (AvgIpc) is 3.19. The standard InChI is InChI=1S/C13H22N2O3/c1-9(16)8-14-12(17)10-4-6-15(7-5-10)13(18)11-2-3-11/h9-11,16H,2-8H2,1H3,(H,14,17). The van der Waals surface area contributed by atoms with Crippen LogP contribution in [0.25, 0.3) is 0 Å². The molecule has 1 aliphatic heterocycles. The van der Waals surface area contributed by atoms with Crippen LogP contribution >= 0.6 is 0 Å². The zero-order chi connectivity index (χ0) is 13.1. The number of amides is 2. The molecule has 0 radical (unpaired) electrons. The summed E-state index contributed by atoms with van der Waals surface area (Å²) < 4.78 is 0. The lowest BCUT2D eigenvalue weighted by molar-refractivity contribution is -0.136. The third-order valence-electron chi connectivity index (χ3n) is 3.68. The molecule has 0 aromatic heterocycles. The molecule has 1 saturated carbocycles. The van der Waals surface area contributed by atoms with E-state index in [4.69, 9.17) is 5.11 Å². The highest BCUT2D eigenvalue weighted by Crippen LogP contribution is 2.32. The van der Waals surface area contributed by atoms with Crippen LogP contribution in [0.1, 0.15) is 32.6 Å². The number of carbonyl (C=O) groups is 2. The van der Waals surface area contributed by atoms with E-state index in [-0.39, 0.29) is 23.7 Å². The van der Waals surface area contributed by atoms with Crippen molar-refractivity contribution in [3.05, 3.63) is 0 Å². The Morgan fingerprint density at radius 1 is 1.22 bits per heavy atom. The Labute approximate surface area is 108 Å². The van der Waals surface area contributed by atoms with Crippen molar-refractivity contribution >= 4 is 11.8 Å². The highest BCUT2D eigenvalue weighted by molar-refractivity contribution is 5.82. The van der Waals surface area contributed by atoms with Crippen LogP contribution in [0.2, 0.25) is 0 Å². The fourth-order valence-electron chi connectivity index (χ4n) is 2.34. The molecule has 2 rings (SSSR count). The molecule has 18 heavy (non-hydrogen) atoms. The molecule has 1 heterocycles. The summed E-state index contributed by atoms with van der Waals surface area (Å²) in [6.45, 7) is 3.35. The summed E-state index contributed by atoms with van der Waals surface area (Å²) in [7, 11) is 0. The summed E-state index contributed by atoms with van der Waals surface area (Å²) in [6.07, 6.45) is 3.04. The minimum atomic E-state index is -0.509. The topological polar surface area (TPSA) is 69.6 Å². The monoisotopic (exact) mass is 254 g/mol. The summed E-state index contributed by atoms with van der Waals surface area (Å²) in [6, 6.07) is 0. The molecule has 2 fully saturated rings. The van der Waals surface area contributed by atoms with Gasteiger partial charge >= 0.3 is 0 Å². The summed E-state index contributed by atoms with van der Waals surface area (Å²) in [5.74, 6) is 0.546. The number of likely N-dealkylation sites (tertiary alicyclic amines) is 1. The first-order chi connectivity index (χ1) is 8.58. The minimum Gasteiger partial charge on any atom is -0.392 e. The lowest BCUT2D eigenvalue weighted by Gasteiger charge is -2.31. The quantitative estimate of drug-likeness (QED) is 0.749. The van der Waals surface area contributed by atoms with Gasteiger partial charge in [0, 0.05) is 31.5 Å². The smallest absolute Gasteiger partial charge is 0.225 e. The molecule has 2 N–H and O–H groups in total. The fourth-order valence-corrected chi connectivity index (χ4v) is 2.34. The molecular weight excluding hydrogens is 232 g/mol. The summed E-state index contributed by atoms with van der Waals surface area (Å²) in [5, 5.41) is 11.9. The second kappa shape index (κ2) is 5.69. The predicted molar refractivity (Wildman–Crippen MR) is 66.7 cm³/mol. The van der Waals surface area contributed by atoms with Crippen molar-refractivity contribution in [2.45, 2.75) is 38.7 Å². The lowest BCUT2D eigenvalue weighted by Crippen LogP contribution is -2.44. The van der Waals surface area contributed by atoms with E-state index in [2.05, 4.69) is 5.32 Å². The van der Waals surface area contributed by atoms with Gasteiger partial charge < -0.3 is 15.3 Å². The van der Waals surface area contributed by atoms with E-state index in [1.165, 1.54) is 0 Å². The maximum atomic E-state index is 11.8. The number of hydrogen-bond donors (Lipinski definition) is 2. The number of piperidine rings is 1. The van der Waals surface area contributed by atoms with E-state index in [0.717, 1.165) is 25.7 Å². The summed E-state index contributed by atoms with van der Waals surface area (Å²) >= 11 is 0. The third-order valence-corrected chi connectivity index (χ3v) is 3.68. The second-order valence-electron chi connectivity index (χ2n) is 5.47. The van der Waals surface area contributed by atoms with Crippen LogP contribution in [0.5, 0.6) is 0 Å². The molecule has 5 nitrogen and oxygen atoms in total. The molecule has 1 unspecified atom stereocenters. The Kier molecular flexibility index (Phi) is 4.22. The van der Waals surface area contributed by atoms with Gasteiger partial charge in [0.2, 0.25) is 11.8 Å². The van der Waals surface area contributed by atoms with Crippen molar-refractivity contribution in [3.63, 3.8) is 0 Å². The Morgan fingerprint density at radius 2 is 1.83 bits per heavy atom. The van der Waals surface area contributed by atoms with Gasteiger partial charge in [-0.3, -0.25) is 9.59 Å². The van der Waals surface area contributed by atoms with Crippen molar-refractivity contribution in [2.24, 2.45) is 11.8 Å². The minimum absolute atomic E-state index is 0.00740. The van der Waals surface area contributed by atoms with E-state index in [0.29, 0.717) is 19.6 Å². The van der Waals surface area contributed by atoms with Crippen LogP contribution in [-0.2, 0) is 9.59 Å². The van der Waals surface area contributed by atoms with Crippen LogP contribution in [0, 0.1) is 11.8 Å². The van der Waals surface area contributed by atoms with Crippen LogP contribution < -0.4 is 5.32 Å². The molecule has 102 valence electrons. The van der Waals surface area contributed by atoms with Gasteiger partial charge in [-0.05, 0) is 32.6 Å². The normalized spacial score (nSPS) is 22.7. The highest BCUT2D eigenvalue weighted by atomic mass is 16.3. The van der Waals surface area contributed by atoms with Gasteiger partial charge in [-0.1, -0.05) is 0 Å². The molecule has 1 saturated heterocycles. The van der Waals surface area contributed by atoms with E-state index in [1.807, 2.05) is 4.90 Å². The molecule has 1 atom stereocenters. The van der Waals surface area contributed by atoms with Gasteiger partial charge in [0.25, 0.3) is 0 Å². The zero-order valence-corrected chi connectivity index (χ0v) is 10.9. The predicted octanol–water partition coefficient (Wildman–Crippen LogP) is 0.132. The highest BCUT2D eigenvalue weighted by Gasteiger charge is 2.35. The van der Waals surface area contributed by atoms with Crippen LogP contribution in [0.15, 0.2) is 0 Å². The Morgan fingerprint density at radius 3 is 2.33 bits per heavy atom. The Balaban J connectivity index is 1.72. The van der Waals surface area contributed by atoms with Gasteiger partial charge in [0.1, 0.15) is 0 Å². The van der Waals surface area contributed by atoms with Crippen LogP contribution in [-0.4, -0.2) is 47.6 Å². The molecule has 1 aliphatic carbocycles. The average molecular weight is 254 g/mol. The number of hydrogen-bond acceptors (Lipinski definition) is 3. The SMILES string of the molecule is CC(O)CNC(=O)C1CCN(C(=O)C2CC2)CC1. The number of carbonyl (C=O) groups excluding carboxylic acids is 2. The molecule has 5 heteroatoms. The molecule has 0 aromatic rings. The van der Waals surface area contributed by atoms with Gasteiger partial charge in [0.05, 0.1) is 6.10 Å². The Bertz CT molecular complexity index is 318. The van der Waals surface area contributed by atoms with Crippen LogP contribution in [0.3, 0.4) is 0 Å². The maximum absolute atomic E-state index is 11.8. The molecule has 0 aromatic carbocycles. The van der Waals surface area contributed by atoms with E-state index in [1.54, 1.807) is 6.92 Å². The third kappa shape index (κ3) is 3.45. The molecule has 2 aliphatic rings. The maximum Gasteiger partial charge on any atom is 0.225 e. The summed E-state index contributed by atoms with van der Waals surface area (Å²) in [4.78, 5) is 25.5. The number of aliphatic hydroxyl groups excluding tert-OH is 1. The van der Waals surface area contributed by atoms with E-state index in [9.17, 15) is 9.59 Å². The fraction of sp³-hybridized carbons (Fsp3) is 0.846. The number of aliphatic hydroxyl groups is 1. The number of rotatable bonds is 4. The number of nitrogens with zero attached hydrogens (tertiary/aromatic N) is 1. The van der Waals surface area contributed by atoms with Crippen molar-refractivity contribution in [3.8, 4) is 0 Å². The molecule has 0 bridgehead atoms. The van der Waals surface area contributed by atoms with Crippen LogP contribution in [0.4, 0.5) is 0 Å². The van der Waals surface area contributed by atoms with Gasteiger partial charge in [-0.25, -0.2) is 0 Å².